The summed E-state index contributed by atoms with van der Waals surface area (Å²) in [5.74, 6) is 0.373. The maximum Gasteiger partial charge on any atom is 0.259 e. The standard InChI is InChI=1S/C16H14N2O3/c1-21-14-6-2-5-12-13(19)7-9-18(15(12)14)16(20)11-4-3-8-17-10-11/h2-6,8,10H,7,9H2,1H3. The Kier molecular flexibility index (Phi) is 3.39. The molecule has 106 valence electrons. The van der Waals surface area contributed by atoms with Crippen molar-refractivity contribution in [3.63, 3.8) is 0 Å². The van der Waals surface area contributed by atoms with Crippen LogP contribution in [0.25, 0.3) is 0 Å². The Balaban J connectivity index is 2.09. The Labute approximate surface area is 122 Å². The van der Waals surface area contributed by atoms with E-state index in [0.29, 0.717) is 35.5 Å². The zero-order valence-electron chi connectivity index (χ0n) is 11.6. The minimum atomic E-state index is -0.179. The molecule has 0 saturated heterocycles. The number of carbonyl (C=O) groups is 2. The first-order chi connectivity index (χ1) is 10.2. The number of ether oxygens (including phenoxy) is 1. The van der Waals surface area contributed by atoms with Gasteiger partial charge < -0.3 is 9.64 Å². The Bertz CT molecular complexity index is 698. The Morgan fingerprint density at radius 1 is 1.29 bits per heavy atom. The van der Waals surface area contributed by atoms with E-state index in [0.717, 1.165) is 0 Å². The van der Waals surface area contributed by atoms with Crippen molar-refractivity contribution in [1.29, 1.82) is 0 Å². The van der Waals surface area contributed by atoms with Gasteiger partial charge in [0.25, 0.3) is 5.91 Å². The van der Waals surface area contributed by atoms with E-state index < -0.39 is 0 Å². The number of hydrogen-bond acceptors (Lipinski definition) is 4. The molecule has 0 fully saturated rings. The predicted molar refractivity (Wildman–Crippen MR) is 77.9 cm³/mol. The van der Waals surface area contributed by atoms with Gasteiger partial charge in [-0.1, -0.05) is 6.07 Å². The van der Waals surface area contributed by atoms with Gasteiger partial charge in [0.2, 0.25) is 0 Å². The molecule has 21 heavy (non-hydrogen) atoms. The van der Waals surface area contributed by atoms with Crippen LogP contribution in [0.3, 0.4) is 0 Å². The van der Waals surface area contributed by atoms with Crippen LogP contribution in [0.1, 0.15) is 27.1 Å². The van der Waals surface area contributed by atoms with Gasteiger partial charge in [-0.25, -0.2) is 0 Å². The highest BCUT2D eigenvalue weighted by molar-refractivity contribution is 6.14. The molecule has 5 heteroatoms. The molecule has 2 heterocycles. The van der Waals surface area contributed by atoms with Crippen LogP contribution >= 0.6 is 0 Å². The summed E-state index contributed by atoms with van der Waals surface area (Å²) in [6.45, 7) is 0.347. The fraction of sp³-hybridized carbons (Fsp3) is 0.188. The summed E-state index contributed by atoms with van der Waals surface area (Å²) in [5.41, 5.74) is 1.56. The van der Waals surface area contributed by atoms with Gasteiger partial charge in [-0.3, -0.25) is 14.6 Å². The molecule has 5 nitrogen and oxygen atoms in total. The molecule has 0 saturated carbocycles. The van der Waals surface area contributed by atoms with E-state index >= 15 is 0 Å². The molecule has 0 atom stereocenters. The number of fused-ring (bicyclic) bond motifs is 1. The zero-order valence-corrected chi connectivity index (χ0v) is 11.6. The topological polar surface area (TPSA) is 59.5 Å². The summed E-state index contributed by atoms with van der Waals surface area (Å²) in [4.78, 5) is 30.3. The summed E-state index contributed by atoms with van der Waals surface area (Å²) in [7, 11) is 1.53. The second-order valence-electron chi connectivity index (χ2n) is 4.73. The van der Waals surface area contributed by atoms with Crippen LogP contribution in [0.2, 0.25) is 0 Å². The lowest BCUT2D eigenvalue weighted by molar-refractivity contribution is 0.0954. The summed E-state index contributed by atoms with van der Waals surface area (Å²) < 4.78 is 5.32. The number of methoxy groups -OCH3 is 1. The van der Waals surface area contributed by atoms with Crippen LogP contribution in [0.4, 0.5) is 5.69 Å². The number of para-hydroxylation sites is 1. The third-order valence-electron chi connectivity index (χ3n) is 3.51. The lowest BCUT2D eigenvalue weighted by Gasteiger charge is -2.30. The number of ketones is 1. The number of rotatable bonds is 2. The van der Waals surface area contributed by atoms with E-state index in [1.54, 1.807) is 41.4 Å². The molecule has 1 aliphatic heterocycles. The molecule has 0 spiro atoms. The number of hydrogen-bond donors (Lipinski definition) is 0. The lowest BCUT2D eigenvalue weighted by Crippen LogP contribution is -2.37. The van der Waals surface area contributed by atoms with Crippen molar-refractivity contribution in [2.45, 2.75) is 6.42 Å². The Hall–Kier alpha value is -2.69. The maximum atomic E-state index is 12.7. The number of Topliss-reactive ketones (excluding diaryl/α,β-unsaturated/α-hetero) is 1. The van der Waals surface area contributed by atoms with Gasteiger partial charge >= 0.3 is 0 Å². The Morgan fingerprint density at radius 3 is 2.86 bits per heavy atom. The molecule has 1 aromatic heterocycles. The van der Waals surface area contributed by atoms with E-state index in [2.05, 4.69) is 4.98 Å². The molecule has 2 aromatic rings. The number of benzene rings is 1. The van der Waals surface area contributed by atoms with Crippen molar-refractivity contribution < 1.29 is 14.3 Å². The van der Waals surface area contributed by atoms with E-state index in [1.165, 1.54) is 13.3 Å². The molecule has 1 amide bonds. The van der Waals surface area contributed by atoms with Gasteiger partial charge in [0, 0.05) is 30.9 Å². The molecule has 0 aliphatic carbocycles. The van der Waals surface area contributed by atoms with Crippen LogP contribution in [0.5, 0.6) is 5.75 Å². The first-order valence-corrected chi connectivity index (χ1v) is 6.64. The molecule has 0 bridgehead atoms. The average Bonchev–Trinajstić information content (AvgIpc) is 2.55. The maximum absolute atomic E-state index is 12.7. The number of pyridine rings is 1. The van der Waals surface area contributed by atoms with Crippen LogP contribution in [-0.2, 0) is 0 Å². The van der Waals surface area contributed by atoms with Crippen molar-refractivity contribution in [3.8, 4) is 5.75 Å². The second-order valence-corrected chi connectivity index (χ2v) is 4.73. The van der Waals surface area contributed by atoms with Crippen LogP contribution in [-0.4, -0.2) is 30.3 Å². The van der Waals surface area contributed by atoms with E-state index in [1.807, 2.05) is 0 Å². The van der Waals surface area contributed by atoms with Crippen molar-refractivity contribution >= 4 is 17.4 Å². The van der Waals surface area contributed by atoms with Crippen molar-refractivity contribution in [3.05, 3.63) is 53.9 Å². The molecule has 3 rings (SSSR count). The predicted octanol–water partition coefficient (Wildman–Crippen LogP) is 2.32. The fourth-order valence-electron chi connectivity index (χ4n) is 2.50. The van der Waals surface area contributed by atoms with Gasteiger partial charge in [0.1, 0.15) is 5.75 Å². The SMILES string of the molecule is COc1cccc2c1N(C(=O)c1cccnc1)CCC2=O. The van der Waals surface area contributed by atoms with Gasteiger partial charge in [0.15, 0.2) is 5.78 Å². The molecular formula is C16H14N2O3. The molecular weight excluding hydrogens is 268 g/mol. The first kappa shape index (κ1) is 13.3. The highest BCUT2D eigenvalue weighted by Gasteiger charge is 2.30. The summed E-state index contributed by atoms with van der Waals surface area (Å²) >= 11 is 0. The number of amides is 1. The van der Waals surface area contributed by atoms with Crippen LogP contribution < -0.4 is 9.64 Å². The van der Waals surface area contributed by atoms with Crippen molar-refractivity contribution in [1.82, 2.24) is 4.98 Å². The number of aromatic nitrogens is 1. The second kappa shape index (κ2) is 5.36. The minimum Gasteiger partial charge on any atom is -0.495 e. The van der Waals surface area contributed by atoms with Gasteiger partial charge in [-0.2, -0.15) is 0 Å². The smallest absolute Gasteiger partial charge is 0.259 e. The van der Waals surface area contributed by atoms with E-state index in [9.17, 15) is 9.59 Å². The molecule has 0 radical (unpaired) electrons. The van der Waals surface area contributed by atoms with Crippen LogP contribution in [0.15, 0.2) is 42.7 Å². The molecule has 0 unspecified atom stereocenters. The number of anilines is 1. The Morgan fingerprint density at radius 2 is 2.14 bits per heavy atom. The average molecular weight is 282 g/mol. The highest BCUT2D eigenvalue weighted by Crippen LogP contribution is 2.36. The van der Waals surface area contributed by atoms with Crippen molar-refractivity contribution in [2.24, 2.45) is 0 Å². The van der Waals surface area contributed by atoms with Crippen LogP contribution in [0, 0.1) is 0 Å². The largest absolute Gasteiger partial charge is 0.495 e. The minimum absolute atomic E-state index is 0.0270. The summed E-state index contributed by atoms with van der Waals surface area (Å²) in [5, 5.41) is 0. The fourth-order valence-corrected chi connectivity index (χ4v) is 2.50. The van der Waals surface area contributed by atoms with Crippen molar-refractivity contribution in [2.75, 3.05) is 18.6 Å². The van der Waals surface area contributed by atoms with E-state index in [4.69, 9.17) is 4.74 Å². The third kappa shape index (κ3) is 2.27. The molecule has 1 aliphatic rings. The third-order valence-corrected chi connectivity index (χ3v) is 3.51. The van der Waals surface area contributed by atoms with Gasteiger partial charge in [-0.05, 0) is 24.3 Å². The molecule has 1 aromatic carbocycles. The lowest BCUT2D eigenvalue weighted by atomic mass is 9.99. The zero-order chi connectivity index (χ0) is 14.8. The number of carbonyl (C=O) groups excluding carboxylic acids is 2. The quantitative estimate of drug-likeness (QED) is 0.848. The normalized spacial score (nSPS) is 13.8. The summed E-state index contributed by atoms with van der Waals surface area (Å²) in [6.07, 6.45) is 3.45. The number of nitrogens with zero attached hydrogens (tertiary/aromatic N) is 2. The summed E-state index contributed by atoms with van der Waals surface area (Å²) in [6, 6.07) is 8.66. The van der Waals surface area contributed by atoms with E-state index in [-0.39, 0.29) is 11.7 Å². The van der Waals surface area contributed by atoms with Gasteiger partial charge in [0.05, 0.1) is 18.4 Å². The van der Waals surface area contributed by atoms with Gasteiger partial charge in [-0.15, -0.1) is 0 Å². The molecule has 0 N–H and O–H groups in total. The monoisotopic (exact) mass is 282 g/mol. The highest BCUT2D eigenvalue weighted by atomic mass is 16.5. The first-order valence-electron chi connectivity index (χ1n) is 6.64.